The second-order valence-corrected chi connectivity index (χ2v) is 12.8. The van der Waals surface area contributed by atoms with Crippen molar-refractivity contribution in [1.29, 1.82) is 0 Å². The van der Waals surface area contributed by atoms with Crippen LogP contribution in [0.3, 0.4) is 0 Å². The topological polar surface area (TPSA) is 86.8 Å². The number of benzene rings is 2. The lowest BCUT2D eigenvalue weighted by Gasteiger charge is -2.37. The summed E-state index contributed by atoms with van der Waals surface area (Å²) >= 11 is 0. The average Bonchev–Trinajstić information content (AvgIpc) is 3.37. The van der Waals surface area contributed by atoms with E-state index in [-0.39, 0.29) is 22.4 Å². The van der Waals surface area contributed by atoms with Crippen LogP contribution in [-0.2, 0) is 20.0 Å². The molecule has 1 atom stereocenters. The van der Waals surface area contributed by atoms with Gasteiger partial charge in [0.25, 0.3) is 0 Å². The Labute approximate surface area is 197 Å². The highest BCUT2D eigenvalue weighted by Gasteiger charge is 2.29. The Kier molecular flexibility index (Phi) is 7.55. The van der Waals surface area contributed by atoms with Crippen molar-refractivity contribution >= 4 is 20.0 Å². The lowest BCUT2D eigenvalue weighted by molar-refractivity contribution is 0.139. The molecule has 7 nitrogen and oxygen atoms in total. The predicted molar refractivity (Wildman–Crippen MR) is 129 cm³/mol. The molecule has 1 N–H and O–H groups in total. The van der Waals surface area contributed by atoms with Crippen LogP contribution < -0.4 is 4.72 Å². The van der Waals surface area contributed by atoms with Crippen LogP contribution in [0.2, 0.25) is 0 Å². The molecule has 2 aliphatic heterocycles. The van der Waals surface area contributed by atoms with E-state index < -0.39 is 20.0 Å². The van der Waals surface area contributed by atoms with E-state index in [0.717, 1.165) is 44.3 Å². The standard InChI is InChI=1S/C24H33N3O4S2/c1-20-13-17-26(18-14-20)24(21-7-3-2-4-8-21)19-25-32(28,29)22-9-11-23(12-10-22)33(30,31)27-15-5-6-16-27/h2-4,7-12,20,24-25H,5-6,13-19H2,1H3. The maximum Gasteiger partial charge on any atom is 0.243 e. The van der Waals surface area contributed by atoms with Crippen LogP contribution in [-0.4, -0.2) is 58.8 Å². The van der Waals surface area contributed by atoms with Crippen molar-refractivity contribution in [2.75, 3.05) is 32.7 Å². The highest BCUT2D eigenvalue weighted by molar-refractivity contribution is 7.89. The minimum Gasteiger partial charge on any atom is -0.295 e. The van der Waals surface area contributed by atoms with Gasteiger partial charge in [-0.2, -0.15) is 4.31 Å². The Morgan fingerprint density at radius 3 is 2.03 bits per heavy atom. The molecule has 9 heteroatoms. The number of likely N-dealkylation sites (tertiary alicyclic amines) is 1. The first-order chi connectivity index (χ1) is 15.8. The Hall–Kier alpha value is -1.78. The zero-order valence-electron chi connectivity index (χ0n) is 19.1. The summed E-state index contributed by atoms with van der Waals surface area (Å²) in [5, 5.41) is 0. The van der Waals surface area contributed by atoms with E-state index in [0.29, 0.717) is 19.0 Å². The fraction of sp³-hybridized carbons (Fsp3) is 0.500. The first-order valence-corrected chi connectivity index (χ1v) is 14.6. The third-order valence-electron chi connectivity index (χ3n) is 6.75. The van der Waals surface area contributed by atoms with Gasteiger partial charge in [-0.1, -0.05) is 37.3 Å². The molecule has 0 radical (unpaired) electrons. The van der Waals surface area contributed by atoms with E-state index in [4.69, 9.17) is 0 Å². The number of hydrogen-bond donors (Lipinski definition) is 1. The van der Waals surface area contributed by atoms with Crippen molar-refractivity contribution in [3.63, 3.8) is 0 Å². The van der Waals surface area contributed by atoms with Crippen LogP contribution in [0.5, 0.6) is 0 Å². The van der Waals surface area contributed by atoms with E-state index in [1.807, 2.05) is 30.3 Å². The molecule has 4 rings (SSSR count). The Morgan fingerprint density at radius 2 is 1.42 bits per heavy atom. The van der Waals surface area contributed by atoms with Crippen LogP contribution in [0.25, 0.3) is 0 Å². The number of hydrogen-bond acceptors (Lipinski definition) is 5. The van der Waals surface area contributed by atoms with Gasteiger partial charge in [-0.25, -0.2) is 21.6 Å². The van der Waals surface area contributed by atoms with Gasteiger partial charge in [-0.15, -0.1) is 0 Å². The molecule has 2 aliphatic rings. The van der Waals surface area contributed by atoms with E-state index in [9.17, 15) is 16.8 Å². The molecular weight excluding hydrogens is 458 g/mol. The molecule has 0 aliphatic carbocycles. The number of nitrogens with one attached hydrogen (secondary N) is 1. The van der Waals surface area contributed by atoms with Gasteiger partial charge in [-0.05, 0) is 74.5 Å². The second kappa shape index (κ2) is 10.2. The minimum absolute atomic E-state index is 0.0525. The van der Waals surface area contributed by atoms with E-state index in [1.54, 1.807) is 0 Å². The third-order valence-corrected chi connectivity index (χ3v) is 10.1. The Morgan fingerprint density at radius 1 is 0.848 bits per heavy atom. The molecule has 2 saturated heterocycles. The summed E-state index contributed by atoms with van der Waals surface area (Å²) in [6.07, 6.45) is 3.91. The lowest BCUT2D eigenvalue weighted by Crippen LogP contribution is -2.41. The summed E-state index contributed by atoms with van der Waals surface area (Å²) in [6.45, 7) is 5.41. The number of rotatable bonds is 8. The fourth-order valence-corrected chi connectivity index (χ4v) is 7.17. The molecule has 0 spiro atoms. The molecule has 2 aromatic carbocycles. The lowest BCUT2D eigenvalue weighted by atomic mass is 9.96. The van der Waals surface area contributed by atoms with Crippen molar-refractivity contribution in [3.05, 3.63) is 60.2 Å². The number of sulfonamides is 2. The van der Waals surface area contributed by atoms with Gasteiger partial charge in [0.15, 0.2) is 0 Å². The molecule has 0 aromatic heterocycles. The predicted octanol–water partition coefficient (Wildman–Crippen LogP) is 3.22. The van der Waals surface area contributed by atoms with Gasteiger partial charge < -0.3 is 0 Å². The first kappa shape index (κ1) is 24.3. The Bertz CT molecular complexity index is 1120. The average molecular weight is 492 g/mol. The monoisotopic (exact) mass is 491 g/mol. The second-order valence-electron chi connectivity index (χ2n) is 9.08. The van der Waals surface area contributed by atoms with Crippen molar-refractivity contribution in [2.45, 2.75) is 48.4 Å². The summed E-state index contributed by atoms with van der Waals surface area (Å²) in [5.74, 6) is 0.685. The highest BCUT2D eigenvalue weighted by atomic mass is 32.2. The quantitative estimate of drug-likeness (QED) is 0.613. The van der Waals surface area contributed by atoms with Crippen LogP contribution >= 0.6 is 0 Å². The maximum atomic E-state index is 13.0. The molecule has 180 valence electrons. The number of piperidine rings is 1. The van der Waals surface area contributed by atoms with Gasteiger partial charge in [0.2, 0.25) is 20.0 Å². The fourth-order valence-electron chi connectivity index (χ4n) is 4.61. The van der Waals surface area contributed by atoms with E-state index in [2.05, 4.69) is 16.5 Å². The number of nitrogens with zero attached hydrogens (tertiary/aromatic N) is 2. The maximum absolute atomic E-state index is 13.0. The molecular formula is C24H33N3O4S2. The summed E-state index contributed by atoms with van der Waals surface area (Å²) < 4.78 is 55.7. The molecule has 2 heterocycles. The third kappa shape index (κ3) is 5.66. The SMILES string of the molecule is CC1CCN(C(CNS(=O)(=O)c2ccc(S(=O)(=O)N3CCCC3)cc2)c2ccccc2)CC1. The highest BCUT2D eigenvalue weighted by Crippen LogP contribution is 2.27. The van der Waals surface area contributed by atoms with Gasteiger partial charge in [0.05, 0.1) is 9.79 Å². The zero-order valence-corrected chi connectivity index (χ0v) is 20.7. The van der Waals surface area contributed by atoms with Crippen molar-refractivity contribution in [2.24, 2.45) is 5.92 Å². The zero-order chi connectivity index (χ0) is 23.5. The normalized spacial score (nSPS) is 20.2. The summed E-state index contributed by atoms with van der Waals surface area (Å²) in [6, 6.07) is 15.5. The molecule has 0 saturated carbocycles. The summed E-state index contributed by atoms with van der Waals surface area (Å²) in [5.41, 5.74) is 1.09. The van der Waals surface area contributed by atoms with Crippen molar-refractivity contribution in [3.8, 4) is 0 Å². The van der Waals surface area contributed by atoms with Crippen LogP contribution in [0.15, 0.2) is 64.4 Å². The van der Waals surface area contributed by atoms with Crippen LogP contribution in [0.1, 0.15) is 44.2 Å². The largest absolute Gasteiger partial charge is 0.295 e. The molecule has 2 aromatic rings. The first-order valence-electron chi connectivity index (χ1n) is 11.7. The molecule has 0 amide bonds. The molecule has 1 unspecified atom stereocenters. The Balaban J connectivity index is 1.48. The summed E-state index contributed by atoms with van der Waals surface area (Å²) in [4.78, 5) is 2.55. The van der Waals surface area contributed by atoms with Gasteiger partial charge >= 0.3 is 0 Å². The van der Waals surface area contributed by atoms with Crippen LogP contribution in [0, 0.1) is 5.92 Å². The molecule has 33 heavy (non-hydrogen) atoms. The van der Waals surface area contributed by atoms with Crippen LogP contribution in [0.4, 0.5) is 0 Å². The van der Waals surface area contributed by atoms with E-state index in [1.165, 1.54) is 28.6 Å². The van der Waals surface area contributed by atoms with E-state index >= 15 is 0 Å². The van der Waals surface area contributed by atoms with Crippen molar-refractivity contribution < 1.29 is 16.8 Å². The minimum atomic E-state index is -3.78. The molecule has 2 fully saturated rings. The van der Waals surface area contributed by atoms with Gasteiger partial charge in [-0.3, -0.25) is 4.90 Å². The van der Waals surface area contributed by atoms with Crippen molar-refractivity contribution in [1.82, 2.24) is 13.9 Å². The molecule has 0 bridgehead atoms. The smallest absolute Gasteiger partial charge is 0.243 e. The van der Waals surface area contributed by atoms with Gasteiger partial charge in [0.1, 0.15) is 0 Å². The summed E-state index contributed by atoms with van der Waals surface area (Å²) in [7, 11) is -7.35. The van der Waals surface area contributed by atoms with Gasteiger partial charge in [0, 0.05) is 25.7 Å².